The Hall–Kier alpha value is -0.180. The van der Waals surface area contributed by atoms with Gasteiger partial charge in [0.1, 0.15) is 0 Å². The molecule has 1 aromatic rings. The molecule has 0 N–H and O–H groups in total. The smallest absolute Gasteiger partial charge is 0.0520 e. The summed E-state index contributed by atoms with van der Waals surface area (Å²) in [7, 11) is 0. The number of hydrogen-bond donors (Lipinski definition) is 0. The van der Waals surface area contributed by atoms with E-state index in [9.17, 15) is 0 Å². The number of benzene rings is 1. The molecule has 0 atom stereocenters. The summed E-state index contributed by atoms with van der Waals surface area (Å²) >= 11 is 7.61. The summed E-state index contributed by atoms with van der Waals surface area (Å²) < 4.78 is 2.43. The summed E-state index contributed by atoms with van der Waals surface area (Å²) in [6.45, 7) is 5.61. The number of hydrogen-bond acceptors (Lipinski definition) is 2. The zero-order valence-electron chi connectivity index (χ0n) is 9.16. The number of halogens is 1. The van der Waals surface area contributed by atoms with Crippen LogP contribution in [-0.2, 0) is 5.54 Å². The quantitative estimate of drug-likeness (QED) is 0.584. The van der Waals surface area contributed by atoms with Crippen molar-refractivity contribution >= 4 is 23.5 Å². The van der Waals surface area contributed by atoms with Crippen molar-refractivity contribution in [1.29, 1.82) is 0 Å². The average molecular weight is 242 g/mol. The van der Waals surface area contributed by atoms with Gasteiger partial charge in [0.2, 0.25) is 0 Å². The first kappa shape index (κ1) is 11.3. The molecule has 0 aromatic heterocycles. The van der Waals surface area contributed by atoms with Crippen LogP contribution in [-0.4, -0.2) is 16.7 Å². The highest BCUT2D eigenvalue weighted by atomic mass is 35.5. The minimum atomic E-state index is 0.132. The standard InChI is InChI=1S/C12H16ClNS/c1-12(2)10-6-3-4-7-11(10)15-14(12)9-5-8-13/h3-4,6-7H,5,8-9H2,1-2H3. The van der Waals surface area contributed by atoms with E-state index in [2.05, 4.69) is 42.4 Å². The molecule has 3 heteroatoms. The first-order chi connectivity index (χ1) is 7.16. The summed E-state index contributed by atoms with van der Waals surface area (Å²) in [5.41, 5.74) is 1.57. The number of fused-ring (bicyclic) bond motifs is 1. The molecule has 1 aliphatic rings. The fraction of sp³-hybridized carbons (Fsp3) is 0.500. The normalized spacial score (nSPS) is 19.1. The number of alkyl halides is 1. The van der Waals surface area contributed by atoms with Crippen LogP contribution >= 0.6 is 23.5 Å². The third-order valence-corrected chi connectivity index (χ3v) is 4.55. The fourth-order valence-electron chi connectivity index (χ4n) is 1.95. The molecule has 0 unspecified atom stereocenters. The Kier molecular flexibility index (Phi) is 3.29. The molecule has 15 heavy (non-hydrogen) atoms. The molecule has 82 valence electrons. The molecule has 2 rings (SSSR count). The third-order valence-electron chi connectivity index (χ3n) is 2.87. The van der Waals surface area contributed by atoms with Crippen molar-refractivity contribution in [2.24, 2.45) is 0 Å². The second kappa shape index (κ2) is 4.36. The molecule has 0 spiro atoms. The van der Waals surface area contributed by atoms with Gasteiger partial charge >= 0.3 is 0 Å². The number of nitrogens with zero attached hydrogens (tertiary/aromatic N) is 1. The lowest BCUT2D eigenvalue weighted by Crippen LogP contribution is -2.33. The largest absolute Gasteiger partial charge is 0.236 e. The molecule has 0 fully saturated rings. The van der Waals surface area contributed by atoms with E-state index in [1.807, 2.05) is 11.9 Å². The second-order valence-electron chi connectivity index (χ2n) is 4.29. The Morgan fingerprint density at radius 2 is 2.07 bits per heavy atom. The van der Waals surface area contributed by atoms with Gasteiger partial charge in [0.15, 0.2) is 0 Å². The molecule has 0 saturated heterocycles. The maximum absolute atomic E-state index is 5.75. The SMILES string of the molecule is CC1(C)c2ccccc2SN1CCCCl. The van der Waals surface area contributed by atoms with Crippen molar-refractivity contribution in [3.8, 4) is 0 Å². The summed E-state index contributed by atoms with van der Waals surface area (Å²) in [6, 6.07) is 8.64. The molecule has 1 heterocycles. The first-order valence-electron chi connectivity index (χ1n) is 5.27. The van der Waals surface area contributed by atoms with Crippen LogP contribution in [0.2, 0.25) is 0 Å². The summed E-state index contributed by atoms with van der Waals surface area (Å²) in [4.78, 5) is 1.39. The zero-order chi connectivity index (χ0) is 10.9. The van der Waals surface area contributed by atoms with Crippen LogP contribution in [0, 0.1) is 0 Å². The Balaban J connectivity index is 2.22. The predicted molar refractivity (Wildman–Crippen MR) is 67.4 cm³/mol. The topological polar surface area (TPSA) is 3.24 Å². The van der Waals surface area contributed by atoms with Gasteiger partial charge in [-0.1, -0.05) is 18.2 Å². The van der Waals surface area contributed by atoms with Gasteiger partial charge in [-0.2, -0.15) is 0 Å². The maximum atomic E-state index is 5.75. The van der Waals surface area contributed by atoms with Gasteiger partial charge in [-0.3, -0.25) is 0 Å². The Bertz CT molecular complexity index is 351. The van der Waals surface area contributed by atoms with E-state index in [1.165, 1.54) is 10.5 Å². The van der Waals surface area contributed by atoms with Crippen molar-refractivity contribution in [3.63, 3.8) is 0 Å². The molecule has 0 bridgehead atoms. The summed E-state index contributed by atoms with van der Waals surface area (Å²) in [5, 5.41) is 0. The molecule has 0 amide bonds. The van der Waals surface area contributed by atoms with Crippen LogP contribution in [0.5, 0.6) is 0 Å². The highest BCUT2D eigenvalue weighted by Gasteiger charge is 2.37. The minimum Gasteiger partial charge on any atom is -0.236 e. The molecule has 0 saturated carbocycles. The third kappa shape index (κ3) is 2.03. The Labute approximate surface area is 101 Å². The van der Waals surface area contributed by atoms with Crippen molar-refractivity contribution in [1.82, 2.24) is 4.31 Å². The van der Waals surface area contributed by atoms with Gasteiger partial charge in [-0.15, -0.1) is 11.6 Å². The second-order valence-corrected chi connectivity index (χ2v) is 5.73. The van der Waals surface area contributed by atoms with E-state index >= 15 is 0 Å². The van der Waals surface area contributed by atoms with Crippen LogP contribution in [0.15, 0.2) is 29.2 Å². The van der Waals surface area contributed by atoms with Gasteiger partial charge in [-0.05, 0) is 43.8 Å². The van der Waals surface area contributed by atoms with Crippen molar-refractivity contribution < 1.29 is 0 Å². The molecular weight excluding hydrogens is 226 g/mol. The van der Waals surface area contributed by atoms with Gasteiger partial charge in [-0.25, -0.2) is 4.31 Å². The van der Waals surface area contributed by atoms with E-state index in [0.29, 0.717) is 0 Å². The van der Waals surface area contributed by atoms with Crippen LogP contribution in [0.4, 0.5) is 0 Å². The van der Waals surface area contributed by atoms with E-state index in [1.54, 1.807) is 0 Å². The lowest BCUT2D eigenvalue weighted by Gasteiger charge is -2.30. The van der Waals surface area contributed by atoms with Crippen molar-refractivity contribution in [3.05, 3.63) is 29.8 Å². The molecule has 0 radical (unpaired) electrons. The number of rotatable bonds is 3. The van der Waals surface area contributed by atoms with Gasteiger partial charge in [0, 0.05) is 17.3 Å². The van der Waals surface area contributed by atoms with Gasteiger partial charge < -0.3 is 0 Å². The molecule has 1 nitrogen and oxygen atoms in total. The first-order valence-corrected chi connectivity index (χ1v) is 6.58. The lowest BCUT2D eigenvalue weighted by molar-refractivity contribution is 0.263. The highest BCUT2D eigenvalue weighted by molar-refractivity contribution is 7.97. The maximum Gasteiger partial charge on any atom is 0.0520 e. The highest BCUT2D eigenvalue weighted by Crippen LogP contribution is 2.47. The van der Waals surface area contributed by atoms with E-state index in [0.717, 1.165) is 18.8 Å². The summed E-state index contributed by atoms with van der Waals surface area (Å²) in [5.74, 6) is 0.740. The molecular formula is C12H16ClNS. The Morgan fingerprint density at radius 1 is 1.33 bits per heavy atom. The van der Waals surface area contributed by atoms with Crippen LogP contribution in [0.1, 0.15) is 25.8 Å². The fourth-order valence-corrected chi connectivity index (χ4v) is 3.41. The van der Waals surface area contributed by atoms with Crippen molar-refractivity contribution in [2.45, 2.75) is 30.7 Å². The summed E-state index contributed by atoms with van der Waals surface area (Å²) in [6.07, 6.45) is 1.05. The van der Waals surface area contributed by atoms with Gasteiger partial charge in [0.05, 0.1) is 5.54 Å². The van der Waals surface area contributed by atoms with Crippen LogP contribution in [0.3, 0.4) is 0 Å². The monoisotopic (exact) mass is 241 g/mol. The van der Waals surface area contributed by atoms with E-state index < -0.39 is 0 Å². The molecule has 1 aliphatic heterocycles. The van der Waals surface area contributed by atoms with Gasteiger partial charge in [0.25, 0.3) is 0 Å². The predicted octanol–water partition coefficient (Wildman–Crippen LogP) is 3.87. The van der Waals surface area contributed by atoms with Crippen LogP contribution < -0.4 is 0 Å². The minimum absolute atomic E-state index is 0.132. The van der Waals surface area contributed by atoms with Crippen LogP contribution in [0.25, 0.3) is 0 Å². The molecule has 0 aliphatic carbocycles. The lowest BCUT2D eigenvalue weighted by atomic mass is 9.94. The molecule has 1 aromatic carbocycles. The Morgan fingerprint density at radius 3 is 2.73 bits per heavy atom. The zero-order valence-corrected chi connectivity index (χ0v) is 10.7. The van der Waals surface area contributed by atoms with E-state index in [4.69, 9.17) is 11.6 Å². The van der Waals surface area contributed by atoms with Crippen molar-refractivity contribution in [2.75, 3.05) is 12.4 Å². The van der Waals surface area contributed by atoms with E-state index in [-0.39, 0.29) is 5.54 Å². The average Bonchev–Trinajstić information content (AvgIpc) is 2.48.